The highest BCUT2D eigenvalue weighted by molar-refractivity contribution is 7.89. The van der Waals surface area contributed by atoms with E-state index in [1.54, 1.807) is 18.2 Å². The molecule has 3 nitrogen and oxygen atoms in total. The lowest BCUT2D eigenvalue weighted by molar-refractivity contribution is 0.417. The Morgan fingerprint density at radius 2 is 1.82 bits per heavy atom. The monoisotopic (exact) mass is 255 g/mol. The third-order valence-corrected chi connectivity index (χ3v) is 5.21. The predicted molar refractivity (Wildman–Crippen MR) is 71.3 cm³/mol. The molecule has 0 saturated carbocycles. The van der Waals surface area contributed by atoms with Crippen LogP contribution in [0.2, 0.25) is 0 Å². The number of aryl methyl sites for hydroxylation is 1. The molecule has 0 spiro atoms. The maximum absolute atomic E-state index is 12.1. The summed E-state index contributed by atoms with van der Waals surface area (Å²) in [6.45, 7) is 8.29. The Hall–Kier alpha value is -0.870. The maximum atomic E-state index is 12.1. The second kappa shape index (κ2) is 5.65. The van der Waals surface area contributed by atoms with Crippen molar-refractivity contribution in [1.29, 1.82) is 0 Å². The standard InChI is InChI=1S/C13H21NO2S/c1-5-14(17(15,16)11(2)3)10-13-9-7-6-8-12(13)4/h6-9,11H,5,10H2,1-4H3. The molecule has 1 aromatic rings. The van der Waals surface area contributed by atoms with Gasteiger partial charge in [-0.1, -0.05) is 31.2 Å². The SMILES string of the molecule is CCN(Cc1ccccc1C)S(=O)(=O)C(C)C. The first-order valence-corrected chi connectivity index (χ1v) is 7.43. The van der Waals surface area contributed by atoms with Crippen LogP contribution in [0.1, 0.15) is 31.9 Å². The van der Waals surface area contributed by atoms with E-state index in [4.69, 9.17) is 0 Å². The number of sulfonamides is 1. The van der Waals surface area contributed by atoms with Crippen LogP contribution in [0.4, 0.5) is 0 Å². The Balaban J connectivity index is 2.96. The summed E-state index contributed by atoms with van der Waals surface area (Å²) in [7, 11) is -3.17. The Kier molecular flexibility index (Phi) is 4.71. The van der Waals surface area contributed by atoms with Gasteiger partial charge in [-0.2, -0.15) is 4.31 Å². The summed E-state index contributed by atoms with van der Waals surface area (Å²) in [4.78, 5) is 0. The van der Waals surface area contributed by atoms with E-state index in [-0.39, 0.29) is 5.25 Å². The second-order valence-corrected chi connectivity index (χ2v) is 6.94. The Morgan fingerprint density at radius 1 is 1.24 bits per heavy atom. The summed E-state index contributed by atoms with van der Waals surface area (Å²) in [5.74, 6) is 0. The van der Waals surface area contributed by atoms with Crippen LogP contribution in [0.5, 0.6) is 0 Å². The second-order valence-electron chi connectivity index (χ2n) is 4.45. The van der Waals surface area contributed by atoms with Crippen LogP contribution in [0.15, 0.2) is 24.3 Å². The van der Waals surface area contributed by atoms with Crippen molar-refractivity contribution in [1.82, 2.24) is 4.31 Å². The molecule has 0 aliphatic carbocycles. The minimum atomic E-state index is -3.17. The van der Waals surface area contributed by atoms with Gasteiger partial charge in [-0.3, -0.25) is 0 Å². The van der Waals surface area contributed by atoms with Crippen molar-refractivity contribution in [3.63, 3.8) is 0 Å². The molecule has 0 bridgehead atoms. The lowest BCUT2D eigenvalue weighted by Crippen LogP contribution is -2.35. The molecular weight excluding hydrogens is 234 g/mol. The zero-order chi connectivity index (χ0) is 13.1. The lowest BCUT2D eigenvalue weighted by Gasteiger charge is -2.23. The van der Waals surface area contributed by atoms with Gasteiger partial charge < -0.3 is 0 Å². The number of rotatable bonds is 5. The van der Waals surface area contributed by atoms with Gasteiger partial charge in [-0.15, -0.1) is 0 Å². The van der Waals surface area contributed by atoms with Crippen molar-refractivity contribution in [3.8, 4) is 0 Å². The highest BCUT2D eigenvalue weighted by Crippen LogP contribution is 2.15. The first-order valence-electron chi connectivity index (χ1n) is 5.93. The van der Waals surface area contributed by atoms with E-state index in [0.717, 1.165) is 11.1 Å². The molecule has 1 rings (SSSR count). The van der Waals surface area contributed by atoms with Crippen LogP contribution in [-0.2, 0) is 16.6 Å². The fourth-order valence-electron chi connectivity index (χ4n) is 1.66. The van der Waals surface area contributed by atoms with Crippen LogP contribution in [-0.4, -0.2) is 24.5 Å². The Bertz CT molecular complexity index is 466. The van der Waals surface area contributed by atoms with Gasteiger partial charge in [0, 0.05) is 13.1 Å². The first-order chi connectivity index (χ1) is 7.89. The minimum Gasteiger partial charge on any atom is -0.212 e. The van der Waals surface area contributed by atoms with Gasteiger partial charge in [-0.25, -0.2) is 8.42 Å². The van der Waals surface area contributed by atoms with Gasteiger partial charge in [0.25, 0.3) is 0 Å². The van der Waals surface area contributed by atoms with Crippen molar-refractivity contribution in [3.05, 3.63) is 35.4 Å². The fourth-order valence-corrected chi connectivity index (χ4v) is 2.93. The van der Waals surface area contributed by atoms with Gasteiger partial charge in [0.1, 0.15) is 0 Å². The molecule has 0 atom stereocenters. The van der Waals surface area contributed by atoms with Crippen LogP contribution >= 0.6 is 0 Å². The van der Waals surface area contributed by atoms with Gasteiger partial charge in [0.2, 0.25) is 10.0 Å². The molecular formula is C13H21NO2S. The van der Waals surface area contributed by atoms with E-state index in [0.29, 0.717) is 13.1 Å². The largest absolute Gasteiger partial charge is 0.216 e. The smallest absolute Gasteiger partial charge is 0.212 e. The molecule has 17 heavy (non-hydrogen) atoms. The molecule has 0 aliphatic rings. The molecule has 0 unspecified atom stereocenters. The third-order valence-electron chi connectivity index (χ3n) is 2.92. The molecule has 0 N–H and O–H groups in total. The molecule has 0 heterocycles. The van der Waals surface area contributed by atoms with Gasteiger partial charge in [-0.05, 0) is 31.9 Å². The van der Waals surface area contributed by atoms with Crippen LogP contribution in [0.25, 0.3) is 0 Å². The van der Waals surface area contributed by atoms with Crippen molar-refractivity contribution in [2.24, 2.45) is 0 Å². The van der Waals surface area contributed by atoms with E-state index in [9.17, 15) is 8.42 Å². The molecule has 0 amide bonds. The van der Waals surface area contributed by atoms with Crippen molar-refractivity contribution < 1.29 is 8.42 Å². The zero-order valence-corrected chi connectivity index (χ0v) is 11.8. The summed E-state index contributed by atoms with van der Waals surface area (Å²) in [5, 5.41) is -0.369. The van der Waals surface area contributed by atoms with Gasteiger partial charge in [0.05, 0.1) is 5.25 Å². The van der Waals surface area contributed by atoms with Crippen LogP contribution in [0, 0.1) is 6.92 Å². The first kappa shape index (κ1) is 14.2. The van der Waals surface area contributed by atoms with E-state index in [2.05, 4.69) is 0 Å². The summed E-state index contributed by atoms with van der Waals surface area (Å²) in [6.07, 6.45) is 0. The van der Waals surface area contributed by atoms with E-state index in [1.807, 2.05) is 38.1 Å². The number of hydrogen-bond donors (Lipinski definition) is 0. The zero-order valence-electron chi connectivity index (χ0n) is 11.0. The average molecular weight is 255 g/mol. The van der Waals surface area contributed by atoms with Crippen molar-refractivity contribution in [2.45, 2.75) is 39.5 Å². The maximum Gasteiger partial charge on any atom is 0.216 e. The average Bonchev–Trinajstić information content (AvgIpc) is 2.27. The lowest BCUT2D eigenvalue weighted by atomic mass is 10.1. The fraction of sp³-hybridized carbons (Fsp3) is 0.538. The molecule has 4 heteroatoms. The van der Waals surface area contributed by atoms with E-state index < -0.39 is 10.0 Å². The molecule has 0 aromatic heterocycles. The third kappa shape index (κ3) is 3.30. The molecule has 0 radical (unpaired) electrons. The summed E-state index contributed by atoms with van der Waals surface area (Å²) < 4.78 is 25.7. The molecule has 0 saturated heterocycles. The van der Waals surface area contributed by atoms with Crippen LogP contribution < -0.4 is 0 Å². The van der Waals surface area contributed by atoms with Crippen molar-refractivity contribution in [2.75, 3.05) is 6.54 Å². The van der Waals surface area contributed by atoms with E-state index in [1.165, 1.54) is 0 Å². The number of nitrogens with zero attached hydrogens (tertiary/aromatic N) is 1. The predicted octanol–water partition coefficient (Wildman–Crippen LogP) is 2.56. The topological polar surface area (TPSA) is 37.4 Å². The van der Waals surface area contributed by atoms with E-state index >= 15 is 0 Å². The Morgan fingerprint density at radius 3 is 2.29 bits per heavy atom. The van der Waals surface area contributed by atoms with Gasteiger partial charge >= 0.3 is 0 Å². The minimum absolute atomic E-state index is 0.369. The highest BCUT2D eigenvalue weighted by atomic mass is 32.2. The van der Waals surface area contributed by atoms with Crippen molar-refractivity contribution >= 4 is 10.0 Å². The Labute approximate surface area is 105 Å². The van der Waals surface area contributed by atoms with Crippen LogP contribution in [0.3, 0.4) is 0 Å². The summed E-state index contributed by atoms with van der Waals surface area (Å²) in [5.41, 5.74) is 2.20. The van der Waals surface area contributed by atoms with Gasteiger partial charge in [0.15, 0.2) is 0 Å². The summed E-state index contributed by atoms with van der Waals surface area (Å²) >= 11 is 0. The quantitative estimate of drug-likeness (QED) is 0.811. The molecule has 0 aliphatic heterocycles. The summed E-state index contributed by atoms with van der Waals surface area (Å²) in [6, 6.07) is 7.89. The number of benzene rings is 1. The molecule has 0 fully saturated rings. The normalized spacial score (nSPS) is 12.4. The highest BCUT2D eigenvalue weighted by Gasteiger charge is 2.24. The number of hydrogen-bond acceptors (Lipinski definition) is 2. The molecule has 1 aromatic carbocycles. The molecule has 96 valence electrons.